The van der Waals surface area contributed by atoms with Crippen molar-refractivity contribution >= 4 is 23.4 Å². The Kier molecular flexibility index (Phi) is 7.92. The van der Waals surface area contributed by atoms with Gasteiger partial charge in [-0.25, -0.2) is 0 Å². The normalized spacial score (nSPS) is 21.8. The molecule has 1 fully saturated rings. The number of benzene rings is 2. The molecule has 0 saturated heterocycles. The summed E-state index contributed by atoms with van der Waals surface area (Å²) in [5.74, 6) is 0.614. The lowest BCUT2D eigenvalue weighted by Gasteiger charge is -2.41. The van der Waals surface area contributed by atoms with E-state index in [2.05, 4.69) is 6.92 Å². The minimum Gasteiger partial charge on any atom is -0.487 e. The second kappa shape index (κ2) is 11.1. The van der Waals surface area contributed by atoms with E-state index in [1.54, 1.807) is 12.1 Å². The summed E-state index contributed by atoms with van der Waals surface area (Å²) in [6.45, 7) is 4.09. The van der Waals surface area contributed by atoms with E-state index >= 15 is 0 Å². The maximum absolute atomic E-state index is 13.7. The van der Waals surface area contributed by atoms with Gasteiger partial charge in [0.1, 0.15) is 11.9 Å². The fraction of sp³-hybridized carbons (Fsp3) is 0.481. The molecule has 176 valence electrons. The van der Waals surface area contributed by atoms with E-state index in [9.17, 15) is 9.59 Å². The number of carbonyl (C=O) groups is 2. The van der Waals surface area contributed by atoms with E-state index < -0.39 is 0 Å². The molecule has 1 aliphatic carbocycles. The first kappa shape index (κ1) is 23.6. The van der Waals surface area contributed by atoms with Crippen molar-refractivity contribution in [1.29, 1.82) is 0 Å². The summed E-state index contributed by atoms with van der Waals surface area (Å²) in [7, 11) is 0. The second-order valence-electron chi connectivity index (χ2n) is 8.98. The molecule has 5 nitrogen and oxygen atoms in total. The van der Waals surface area contributed by atoms with Crippen LogP contribution in [-0.4, -0.2) is 53.4 Å². The Morgan fingerprint density at radius 3 is 2.55 bits per heavy atom. The summed E-state index contributed by atoms with van der Waals surface area (Å²) in [4.78, 5) is 30.9. The third-order valence-electron chi connectivity index (χ3n) is 6.69. The Morgan fingerprint density at radius 2 is 1.73 bits per heavy atom. The van der Waals surface area contributed by atoms with Gasteiger partial charge in [0.05, 0.1) is 22.2 Å². The number of hydrogen-bond acceptors (Lipinski definition) is 3. The van der Waals surface area contributed by atoms with Crippen LogP contribution >= 0.6 is 11.6 Å². The number of carbonyl (C=O) groups excluding carboxylic acids is 2. The molecule has 0 spiro atoms. The summed E-state index contributed by atoms with van der Waals surface area (Å²) in [5, 5.41) is 0.479. The van der Waals surface area contributed by atoms with Crippen molar-refractivity contribution < 1.29 is 14.3 Å². The average molecular weight is 469 g/mol. The smallest absolute Gasteiger partial charge is 0.257 e. The topological polar surface area (TPSA) is 49.9 Å². The van der Waals surface area contributed by atoms with Crippen LogP contribution < -0.4 is 4.74 Å². The lowest BCUT2D eigenvalue weighted by atomic mass is 9.90. The van der Waals surface area contributed by atoms with Crippen molar-refractivity contribution in [3.05, 3.63) is 64.7 Å². The lowest BCUT2D eigenvalue weighted by molar-refractivity contribution is 0.0259. The molecular formula is C27H33ClN2O3. The average Bonchev–Trinajstić information content (AvgIpc) is 2.83. The van der Waals surface area contributed by atoms with Crippen molar-refractivity contribution in [2.75, 3.05) is 19.6 Å². The second-order valence-corrected chi connectivity index (χ2v) is 9.39. The molecule has 2 amide bonds. The van der Waals surface area contributed by atoms with Crippen LogP contribution in [0.3, 0.4) is 0 Å². The lowest BCUT2D eigenvalue weighted by Crippen LogP contribution is -2.51. The zero-order chi connectivity index (χ0) is 23.2. The van der Waals surface area contributed by atoms with Crippen molar-refractivity contribution in [3.63, 3.8) is 0 Å². The molecule has 2 aromatic carbocycles. The molecule has 0 bridgehead atoms. The molecule has 0 radical (unpaired) electrons. The van der Waals surface area contributed by atoms with E-state index in [-0.39, 0.29) is 24.0 Å². The van der Waals surface area contributed by atoms with Gasteiger partial charge >= 0.3 is 0 Å². The Balaban J connectivity index is 1.70. The highest BCUT2D eigenvalue weighted by molar-refractivity contribution is 6.33. The molecule has 2 aromatic rings. The molecule has 1 aliphatic heterocycles. The Labute approximate surface area is 201 Å². The summed E-state index contributed by atoms with van der Waals surface area (Å²) < 4.78 is 6.54. The van der Waals surface area contributed by atoms with E-state index in [1.807, 2.05) is 46.2 Å². The van der Waals surface area contributed by atoms with Crippen molar-refractivity contribution in [1.82, 2.24) is 9.80 Å². The molecule has 0 aromatic heterocycles. The number of hydrogen-bond donors (Lipinski definition) is 0. The third-order valence-corrected chi connectivity index (χ3v) is 7.02. The zero-order valence-corrected chi connectivity index (χ0v) is 20.1. The summed E-state index contributed by atoms with van der Waals surface area (Å²) in [6.07, 6.45) is 6.27. The number of fused-ring (bicyclic) bond motifs is 2. The van der Waals surface area contributed by atoms with Crippen molar-refractivity contribution in [2.45, 2.75) is 64.0 Å². The zero-order valence-electron chi connectivity index (χ0n) is 19.3. The SMILES string of the molecule is CCCN1CCCCN(C(=O)c2ccccc2Cl)[C@@H]2CCCC[C@@H]2Oc2ccccc2C1=O. The Bertz CT molecular complexity index is 979. The van der Waals surface area contributed by atoms with Gasteiger partial charge in [-0.2, -0.15) is 0 Å². The molecule has 1 heterocycles. The first-order chi connectivity index (χ1) is 16.1. The maximum Gasteiger partial charge on any atom is 0.257 e. The fourth-order valence-corrected chi connectivity index (χ4v) is 5.24. The van der Waals surface area contributed by atoms with E-state index in [0.29, 0.717) is 41.5 Å². The number of para-hydroxylation sites is 1. The molecular weight excluding hydrogens is 436 g/mol. The molecule has 2 atom stereocenters. The van der Waals surface area contributed by atoms with Crippen LogP contribution in [0.15, 0.2) is 48.5 Å². The van der Waals surface area contributed by atoms with Crippen LogP contribution in [0, 0.1) is 0 Å². The summed E-state index contributed by atoms with van der Waals surface area (Å²) >= 11 is 6.41. The van der Waals surface area contributed by atoms with Crippen molar-refractivity contribution in [2.24, 2.45) is 0 Å². The predicted molar refractivity (Wildman–Crippen MR) is 131 cm³/mol. The van der Waals surface area contributed by atoms with Crippen LogP contribution in [0.4, 0.5) is 0 Å². The molecule has 2 aliphatic rings. The van der Waals surface area contributed by atoms with Gasteiger partial charge in [-0.3, -0.25) is 9.59 Å². The van der Waals surface area contributed by atoms with Gasteiger partial charge in [0.25, 0.3) is 11.8 Å². The predicted octanol–water partition coefficient (Wildman–Crippen LogP) is 5.82. The Hall–Kier alpha value is -2.53. The summed E-state index contributed by atoms with van der Waals surface area (Å²) in [6, 6.07) is 14.8. The first-order valence-electron chi connectivity index (χ1n) is 12.2. The van der Waals surface area contributed by atoms with E-state index in [1.165, 1.54) is 0 Å². The highest BCUT2D eigenvalue weighted by Gasteiger charge is 2.36. The monoisotopic (exact) mass is 468 g/mol. The van der Waals surface area contributed by atoms with E-state index in [0.717, 1.165) is 44.9 Å². The molecule has 0 unspecified atom stereocenters. The summed E-state index contributed by atoms with van der Waals surface area (Å²) in [5.41, 5.74) is 1.15. The maximum atomic E-state index is 13.7. The van der Waals surface area contributed by atoms with Gasteiger partial charge in [-0.15, -0.1) is 0 Å². The number of amides is 2. The quantitative estimate of drug-likeness (QED) is 0.570. The number of rotatable bonds is 3. The number of ether oxygens (including phenoxy) is 1. The first-order valence-corrected chi connectivity index (χ1v) is 12.6. The largest absolute Gasteiger partial charge is 0.487 e. The van der Waals surface area contributed by atoms with Gasteiger partial charge in [-0.1, -0.05) is 49.2 Å². The highest BCUT2D eigenvalue weighted by Crippen LogP contribution is 2.32. The van der Waals surface area contributed by atoms with Gasteiger partial charge in [-0.05, 0) is 62.8 Å². The highest BCUT2D eigenvalue weighted by atomic mass is 35.5. The molecule has 1 saturated carbocycles. The minimum atomic E-state index is -0.154. The van der Waals surface area contributed by atoms with Crippen LogP contribution in [0.1, 0.15) is 72.6 Å². The van der Waals surface area contributed by atoms with Crippen molar-refractivity contribution in [3.8, 4) is 5.75 Å². The van der Waals surface area contributed by atoms with Gasteiger partial charge in [0.15, 0.2) is 0 Å². The van der Waals surface area contributed by atoms with Gasteiger partial charge in [0.2, 0.25) is 0 Å². The molecule has 4 rings (SSSR count). The third kappa shape index (κ3) is 5.35. The standard InChI is InChI=1S/C27H33ClN2O3/c1-2-17-29-18-9-10-19-30(27(32)20-11-3-5-13-22(20)28)23-14-6-8-16-25(23)33-24-15-7-4-12-21(24)26(29)31/h3-5,7,11-13,15,23,25H,2,6,8-10,14,16-19H2,1H3/t23-,25+/m1/s1. The van der Waals surface area contributed by atoms with Crippen LogP contribution in [-0.2, 0) is 0 Å². The van der Waals surface area contributed by atoms with Gasteiger partial charge in [0, 0.05) is 19.6 Å². The van der Waals surface area contributed by atoms with Crippen LogP contribution in [0.5, 0.6) is 5.75 Å². The molecule has 33 heavy (non-hydrogen) atoms. The van der Waals surface area contributed by atoms with Crippen LogP contribution in [0.25, 0.3) is 0 Å². The van der Waals surface area contributed by atoms with Gasteiger partial charge < -0.3 is 14.5 Å². The minimum absolute atomic E-state index is 0.0318. The number of nitrogens with zero attached hydrogens (tertiary/aromatic N) is 2. The van der Waals surface area contributed by atoms with E-state index in [4.69, 9.17) is 16.3 Å². The Morgan fingerprint density at radius 1 is 1.00 bits per heavy atom. The molecule has 6 heteroatoms. The number of halogens is 1. The van der Waals surface area contributed by atoms with Crippen LogP contribution in [0.2, 0.25) is 5.02 Å². The molecule has 0 N–H and O–H groups in total. The fourth-order valence-electron chi connectivity index (χ4n) is 5.03.